The molecule has 114 valence electrons. The molecule has 0 atom stereocenters. The summed E-state index contributed by atoms with van der Waals surface area (Å²) in [6, 6.07) is 14.8. The van der Waals surface area contributed by atoms with E-state index in [1.165, 1.54) is 16.7 Å². The topological polar surface area (TPSA) is 69.9 Å². The third kappa shape index (κ3) is 2.97. The second-order valence-electron chi connectivity index (χ2n) is 5.76. The molecular formula is C18H22N4. The van der Waals surface area contributed by atoms with Gasteiger partial charge in [-0.2, -0.15) is 0 Å². The number of aromatic nitrogens is 2. The number of nitrogen functional groups attached to an aromatic ring is 1. The van der Waals surface area contributed by atoms with Crippen LogP contribution in [0.25, 0.3) is 11.0 Å². The number of rotatable bonds is 5. The highest BCUT2D eigenvalue weighted by Crippen LogP contribution is 2.21. The SMILES string of the molecule is Cc1cccc(Cn2c(N)nc3cc(CCCN)ccc32)c1. The van der Waals surface area contributed by atoms with E-state index in [0.29, 0.717) is 12.5 Å². The Morgan fingerprint density at radius 2 is 1.95 bits per heavy atom. The number of nitrogens with two attached hydrogens (primary N) is 2. The van der Waals surface area contributed by atoms with Gasteiger partial charge in [0.05, 0.1) is 17.6 Å². The van der Waals surface area contributed by atoms with Crippen molar-refractivity contribution in [2.45, 2.75) is 26.3 Å². The first-order valence-corrected chi connectivity index (χ1v) is 7.67. The van der Waals surface area contributed by atoms with E-state index in [0.717, 1.165) is 30.4 Å². The first-order valence-electron chi connectivity index (χ1n) is 7.67. The summed E-state index contributed by atoms with van der Waals surface area (Å²) < 4.78 is 2.07. The lowest BCUT2D eigenvalue weighted by Crippen LogP contribution is -2.04. The number of imidazole rings is 1. The lowest BCUT2D eigenvalue weighted by atomic mass is 10.1. The van der Waals surface area contributed by atoms with Crippen LogP contribution in [0.5, 0.6) is 0 Å². The highest BCUT2D eigenvalue weighted by atomic mass is 15.1. The van der Waals surface area contributed by atoms with Crippen molar-refractivity contribution in [1.82, 2.24) is 9.55 Å². The molecule has 1 aromatic heterocycles. The minimum absolute atomic E-state index is 0.562. The van der Waals surface area contributed by atoms with Crippen molar-refractivity contribution in [2.75, 3.05) is 12.3 Å². The Morgan fingerprint density at radius 3 is 2.73 bits per heavy atom. The van der Waals surface area contributed by atoms with E-state index in [9.17, 15) is 0 Å². The van der Waals surface area contributed by atoms with Gasteiger partial charge in [0.15, 0.2) is 0 Å². The molecule has 0 radical (unpaired) electrons. The van der Waals surface area contributed by atoms with Crippen molar-refractivity contribution < 1.29 is 0 Å². The number of fused-ring (bicyclic) bond motifs is 1. The normalized spacial score (nSPS) is 11.2. The molecule has 0 amide bonds. The van der Waals surface area contributed by atoms with Crippen LogP contribution in [0.3, 0.4) is 0 Å². The number of hydrogen-bond acceptors (Lipinski definition) is 3. The average molecular weight is 294 g/mol. The molecule has 0 fully saturated rings. The molecule has 0 aliphatic rings. The fourth-order valence-electron chi connectivity index (χ4n) is 2.81. The van der Waals surface area contributed by atoms with E-state index in [1.54, 1.807) is 0 Å². The molecule has 0 bridgehead atoms. The summed E-state index contributed by atoms with van der Waals surface area (Å²) in [5, 5.41) is 0. The zero-order valence-corrected chi connectivity index (χ0v) is 12.9. The molecule has 0 aliphatic heterocycles. The van der Waals surface area contributed by atoms with Crippen LogP contribution in [0.1, 0.15) is 23.1 Å². The third-order valence-electron chi connectivity index (χ3n) is 3.93. The summed E-state index contributed by atoms with van der Waals surface area (Å²) in [5.74, 6) is 0.562. The molecule has 1 heterocycles. The van der Waals surface area contributed by atoms with Crippen LogP contribution in [0.15, 0.2) is 42.5 Å². The summed E-state index contributed by atoms with van der Waals surface area (Å²) >= 11 is 0. The molecule has 0 saturated carbocycles. The number of nitrogens with zero attached hydrogens (tertiary/aromatic N) is 2. The van der Waals surface area contributed by atoms with Gasteiger partial charge in [0.25, 0.3) is 0 Å². The van der Waals surface area contributed by atoms with E-state index in [2.05, 4.69) is 58.9 Å². The Hall–Kier alpha value is -2.33. The predicted octanol–water partition coefficient (Wildman–Crippen LogP) is 2.87. The number of hydrogen-bond donors (Lipinski definition) is 2. The van der Waals surface area contributed by atoms with Crippen LogP contribution >= 0.6 is 0 Å². The van der Waals surface area contributed by atoms with Crippen molar-refractivity contribution in [2.24, 2.45) is 5.73 Å². The van der Waals surface area contributed by atoms with Gasteiger partial charge in [-0.15, -0.1) is 0 Å². The number of benzene rings is 2. The molecular weight excluding hydrogens is 272 g/mol. The Kier molecular flexibility index (Phi) is 4.11. The highest BCUT2D eigenvalue weighted by molar-refractivity contribution is 5.79. The first kappa shape index (κ1) is 14.6. The van der Waals surface area contributed by atoms with Gasteiger partial charge in [0.2, 0.25) is 5.95 Å². The Bertz CT molecular complexity index is 789. The van der Waals surface area contributed by atoms with E-state index >= 15 is 0 Å². The molecule has 0 saturated heterocycles. The lowest BCUT2D eigenvalue weighted by molar-refractivity contribution is 0.830. The average Bonchev–Trinajstić information content (AvgIpc) is 2.80. The molecule has 3 aromatic rings. The summed E-state index contributed by atoms with van der Waals surface area (Å²) in [6.45, 7) is 3.55. The zero-order chi connectivity index (χ0) is 15.5. The maximum atomic E-state index is 6.12. The van der Waals surface area contributed by atoms with Crippen molar-refractivity contribution >= 4 is 17.0 Å². The molecule has 4 nitrogen and oxygen atoms in total. The molecule has 4 heteroatoms. The Labute approximate surface area is 130 Å². The largest absolute Gasteiger partial charge is 0.369 e. The standard InChI is InChI=1S/C18H22N4/c1-13-4-2-5-15(10-13)12-22-17-8-7-14(6-3-9-19)11-16(17)21-18(22)20/h2,4-5,7-8,10-11H,3,6,9,12,19H2,1H3,(H2,20,21). The van der Waals surface area contributed by atoms with Crippen molar-refractivity contribution in [3.8, 4) is 0 Å². The van der Waals surface area contributed by atoms with Gasteiger partial charge < -0.3 is 16.0 Å². The van der Waals surface area contributed by atoms with Crippen LogP contribution in [0.4, 0.5) is 5.95 Å². The zero-order valence-electron chi connectivity index (χ0n) is 12.9. The predicted molar refractivity (Wildman–Crippen MR) is 91.8 cm³/mol. The maximum Gasteiger partial charge on any atom is 0.201 e. The monoisotopic (exact) mass is 294 g/mol. The molecule has 0 spiro atoms. The molecule has 0 aliphatic carbocycles. The molecule has 3 rings (SSSR count). The summed E-state index contributed by atoms with van der Waals surface area (Å²) in [6.07, 6.45) is 1.97. The van der Waals surface area contributed by atoms with Crippen LogP contribution < -0.4 is 11.5 Å². The van der Waals surface area contributed by atoms with Gasteiger partial charge in [-0.05, 0) is 49.6 Å². The summed E-state index contributed by atoms with van der Waals surface area (Å²) in [7, 11) is 0. The van der Waals surface area contributed by atoms with Gasteiger partial charge in [0, 0.05) is 0 Å². The molecule has 4 N–H and O–H groups in total. The van der Waals surface area contributed by atoms with Gasteiger partial charge >= 0.3 is 0 Å². The van der Waals surface area contributed by atoms with Gasteiger partial charge in [-0.3, -0.25) is 0 Å². The van der Waals surface area contributed by atoms with E-state index < -0.39 is 0 Å². The smallest absolute Gasteiger partial charge is 0.201 e. The van der Waals surface area contributed by atoms with Crippen molar-refractivity contribution in [3.63, 3.8) is 0 Å². The fourth-order valence-corrected chi connectivity index (χ4v) is 2.81. The van der Waals surface area contributed by atoms with E-state index in [1.807, 2.05) is 0 Å². The van der Waals surface area contributed by atoms with Crippen LogP contribution in [-0.2, 0) is 13.0 Å². The van der Waals surface area contributed by atoms with Gasteiger partial charge in [-0.25, -0.2) is 4.98 Å². The lowest BCUT2D eigenvalue weighted by Gasteiger charge is -2.08. The van der Waals surface area contributed by atoms with Crippen LogP contribution in [0, 0.1) is 6.92 Å². The van der Waals surface area contributed by atoms with E-state index in [-0.39, 0.29) is 0 Å². The van der Waals surface area contributed by atoms with Crippen molar-refractivity contribution in [3.05, 3.63) is 59.2 Å². The summed E-state index contributed by atoms with van der Waals surface area (Å²) in [4.78, 5) is 4.51. The quantitative estimate of drug-likeness (QED) is 0.760. The number of anilines is 1. The first-order chi connectivity index (χ1) is 10.7. The second-order valence-corrected chi connectivity index (χ2v) is 5.76. The number of aryl methyl sites for hydroxylation is 2. The van der Waals surface area contributed by atoms with Crippen LogP contribution in [-0.4, -0.2) is 16.1 Å². The van der Waals surface area contributed by atoms with E-state index in [4.69, 9.17) is 11.5 Å². The minimum atomic E-state index is 0.562. The Morgan fingerprint density at radius 1 is 1.09 bits per heavy atom. The second kappa shape index (κ2) is 6.20. The molecule has 2 aromatic carbocycles. The van der Waals surface area contributed by atoms with Crippen molar-refractivity contribution in [1.29, 1.82) is 0 Å². The molecule has 0 unspecified atom stereocenters. The van der Waals surface area contributed by atoms with Gasteiger partial charge in [0.1, 0.15) is 0 Å². The highest BCUT2D eigenvalue weighted by Gasteiger charge is 2.09. The van der Waals surface area contributed by atoms with Crippen LogP contribution in [0.2, 0.25) is 0 Å². The minimum Gasteiger partial charge on any atom is -0.369 e. The third-order valence-corrected chi connectivity index (χ3v) is 3.93. The van der Waals surface area contributed by atoms with Gasteiger partial charge in [-0.1, -0.05) is 35.9 Å². The maximum absolute atomic E-state index is 6.12. The molecule has 22 heavy (non-hydrogen) atoms. The summed E-state index contributed by atoms with van der Waals surface area (Å²) in [5.41, 5.74) is 17.5. The fraction of sp³-hybridized carbons (Fsp3) is 0.278. The Balaban J connectivity index is 1.94.